The molecule has 0 unspecified atom stereocenters. The van der Waals surface area contributed by atoms with Gasteiger partial charge in [-0.25, -0.2) is 0 Å². The third-order valence-electron chi connectivity index (χ3n) is 5.96. The summed E-state index contributed by atoms with van der Waals surface area (Å²) in [5.74, 6) is -0.313. The molecule has 0 saturated carbocycles. The maximum atomic E-state index is 12.5. The molecule has 0 atom stereocenters. The first kappa shape index (κ1) is 33.4. The first-order valence-corrected chi connectivity index (χ1v) is 18.4. The first-order valence-electron chi connectivity index (χ1n) is 13.0. The highest BCUT2D eigenvalue weighted by Crippen LogP contribution is 2.52. The molecule has 0 aromatic heterocycles. The Labute approximate surface area is 262 Å². The number of methoxy groups -OCH3 is 2. The van der Waals surface area contributed by atoms with Crippen LogP contribution < -0.4 is 26.8 Å². The summed E-state index contributed by atoms with van der Waals surface area (Å²) >= 11 is 0. The number of ether oxygens (including phenoxy) is 3. The van der Waals surface area contributed by atoms with Crippen LogP contribution in [0.3, 0.4) is 0 Å². The summed E-state index contributed by atoms with van der Waals surface area (Å²) in [5, 5.41) is 0. The van der Waals surface area contributed by atoms with Gasteiger partial charge in [0, 0.05) is 5.56 Å². The molecule has 45 heavy (non-hydrogen) atoms. The summed E-state index contributed by atoms with van der Waals surface area (Å²) in [7, 11) is -9.41. The van der Waals surface area contributed by atoms with Crippen LogP contribution in [0.5, 0.6) is 34.5 Å². The number of hydrogen-bond acceptors (Lipinski definition) is 12. The predicted molar refractivity (Wildman–Crippen MR) is 168 cm³/mol. The number of benzene rings is 4. The van der Waals surface area contributed by atoms with Crippen molar-refractivity contribution in [2.45, 2.75) is 6.61 Å². The first-order chi connectivity index (χ1) is 21.1. The second kappa shape index (κ2) is 13.3. The van der Waals surface area contributed by atoms with Crippen LogP contribution in [0.4, 0.5) is 0 Å². The fraction of sp³-hybridized carbons (Fsp3) is 0.200. The van der Waals surface area contributed by atoms with Crippen molar-refractivity contribution >= 4 is 30.4 Å². The third-order valence-corrected chi connectivity index (χ3v) is 7.41. The van der Waals surface area contributed by atoms with Crippen molar-refractivity contribution in [3.05, 3.63) is 84.4 Å². The summed E-state index contributed by atoms with van der Waals surface area (Å²) in [6, 6.07) is 21.1. The van der Waals surface area contributed by atoms with Crippen LogP contribution >= 0.6 is 0 Å². The summed E-state index contributed by atoms with van der Waals surface area (Å²) in [5.41, 5.74) is 1.78. The molecule has 0 aliphatic rings. The van der Waals surface area contributed by atoms with E-state index in [-0.39, 0.29) is 57.8 Å². The topological polar surface area (TPSA) is 158 Å². The average molecular weight is 679 g/mol. The van der Waals surface area contributed by atoms with Gasteiger partial charge < -0.3 is 26.8 Å². The Balaban J connectivity index is 1.94. The molecule has 0 aliphatic heterocycles. The molecule has 0 fully saturated rings. The third kappa shape index (κ3) is 9.03. The molecular formula is C30H30O12S3. The Morgan fingerprint density at radius 1 is 0.556 bits per heavy atom. The summed E-state index contributed by atoms with van der Waals surface area (Å²) in [6.07, 6.45) is 2.61. The lowest BCUT2D eigenvalue weighted by atomic mass is 9.96. The maximum Gasteiger partial charge on any atom is 0.306 e. The number of hydrogen-bond donors (Lipinski definition) is 0. The van der Waals surface area contributed by atoms with Crippen LogP contribution in [0.25, 0.3) is 22.3 Å². The molecule has 0 radical (unpaired) electrons. The van der Waals surface area contributed by atoms with Crippen molar-refractivity contribution in [3.8, 4) is 56.8 Å². The molecule has 4 aromatic rings. The normalized spacial score (nSPS) is 11.8. The molecule has 12 nitrogen and oxygen atoms in total. The van der Waals surface area contributed by atoms with Crippen molar-refractivity contribution in [2.75, 3.05) is 33.0 Å². The average Bonchev–Trinajstić information content (AvgIpc) is 2.94. The van der Waals surface area contributed by atoms with Crippen LogP contribution in [0.2, 0.25) is 0 Å². The van der Waals surface area contributed by atoms with Gasteiger partial charge in [-0.15, -0.1) is 0 Å². The Kier molecular flexibility index (Phi) is 9.85. The molecule has 0 aliphatic carbocycles. The zero-order valence-corrected chi connectivity index (χ0v) is 27.3. The zero-order valence-electron chi connectivity index (χ0n) is 24.8. The van der Waals surface area contributed by atoms with Gasteiger partial charge in [0.1, 0.15) is 18.1 Å². The monoisotopic (exact) mass is 678 g/mol. The van der Waals surface area contributed by atoms with E-state index in [9.17, 15) is 25.3 Å². The van der Waals surface area contributed by atoms with Crippen molar-refractivity contribution in [3.63, 3.8) is 0 Å². The minimum atomic E-state index is -4.17. The van der Waals surface area contributed by atoms with E-state index in [2.05, 4.69) is 0 Å². The zero-order chi connectivity index (χ0) is 33.0. The highest BCUT2D eigenvalue weighted by atomic mass is 32.2. The van der Waals surface area contributed by atoms with E-state index in [4.69, 9.17) is 26.8 Å². The van der Waals surface area contributed by atoms with Gasteiger partial charge in [-0.3, -0.25) is 0 Å². The summed E-state index contributed by atoms with van der Waals surface area (Å²) in [4.78, 5) is 0. The van der Waals surface area contributed by atoms with E-state index in [1.165, 1.54) is 50.6 Å². The second-order valence-electron chi connectivity index (χ2n) is 9.69. The van der Waals surface area contributed by atoms with Crippen LogP contribution in [-0.4, -0.2) is 58.2 Å². The lowest BCUT2D eigenvalue weighted by molar-refractivity contribution is 0.296. The molecule has 0 saturated heterocycles. The second-order valence-corrected chi connectivity index (χ2v) is 14.4. The van der Waals surface area contributed by atoms with Crippen molar-refractivity contribution in [1.29, 1.82) is 0 Å². The van der Waals surface area contributed by atoms with Gasteiger partial charge in [-0.2, -0.15) is 25.3 Å². The van der Waals surface area contributed by atoms with Gasteiger partial charge in [0.15, 0.2) is 23.0 Å². The quantitative estimate of drug-likeness (QED) is 0.181. The van der Waals surface area contributed by atoms with E-state index in [1.807, 2.05) is 30.3 Å². The van der Waals surface area contributed by atoms with Gasteiger partial charge in [-0.1, -0.05) is 48.5 Å². The standard InChI is InChI=1S/C30H30O12S3/c1-37-27-18-24(21-12-9-13-23(16-21)40-43(3,31)32)29(38-2)30(42-45(5,35)36)28(27)22-14-15-25(26(17-22)41-44(4,33)34)39-19-20-10-7-6-8-11-20/h6-18H,19H2,1-5H3. The smallest absolute Gasteiger partial charge is 0.306 e. The fourth-order valence-electron chi connectivity index (χ4n) is 4.34. The molecule has 0 amide bonds. The van der Waals surface area contributed by atoms with Crippen molar-refractivity contribution < 1.29 is 52.0 Å². The lowest BCUT2D eigenvalue weighted by Gasteiger charge is -2.21. The van der Waals surface area contributed by atoms with Gasteiger partial charge in [0.2, 0.25) is 0 Å². The molecule has 0 bridgehead atoms. The van der Waals surface area contributed by atoms with E-state index < -0.39 is 30.4 Å². The maximum absolute atomic E-state index is 12.5. The SMILES string of the molecule is COc1cc(-c2cccc(OS(C)(=O)=O)c2)c(OC)c(OS(C)(=O)=O)c1-c1ccc(OCc2ccccc2)c(OS(C)(=O)=O)c1. The molecule has 0 heterocycles. The van der Waals surface area contributed by atoms with Crippen LogP contribution in [-0.2, 0) is 37.0 Å². The van der Waals surface area contributed by atoms with Gasteiger partial charge in [0.05, 0.1) is 38.6 Å². The van der Waals surface area contributed by atoms with Gasteiger partial charge in [-0.05, 0) is 47.0 Å². The van der Waals surface area contributed by atoms with Gasteiger partial charge in [0.25, 0.3) is 0 Å². The summed E-state index contributed by atoms with van der Waals surface area (Å²) < 4.78 is 106. The van der Waals surface area contributed by atoms with Crippen LogP contribution in [0.15, 0.2) is 78.9 Å². The minimum absolute atomic E-state index is 0.000616. The van der Waals surface area contributed by atoms with E-state index >= 15 is 0 Å². The Bertz CT molecular complexity index is 2020. The molecule has 0 N–H and O–H groups in total. The van der Waals surface area contributed by atoms with E-state index in [1.54, 1.807) is 12.1 Å². The molecule has 0 spiro atoms. The Morgan fingerprint density at radius 2 is 1.22 bits per heavy atom. The number of rotatable bonds is 13. The molecule has 240 valence electrons. The fourth-order valence-corrected chi connectivity index (χ4v) is 5.71. The van der Waals surface area contributed by atoms with Crippen molar-refractivity contribution in [1.82, 2.24) is 0 Å². The van der Waals surface area contributed by atoms with E-state index in [0.717, 1.165) is 24.3 Å². The molecule has 4 aromatic carbocycles. The van der Waals surface area contributed by atoms with Crippen LogP contribution in [0.1, 0.15) is 5.56 Å². The summed E-state index contributed by atoms with van der Waals surface area (Å²) in [6.45, 7) is 0.108. The van der Waals surface area contributed by atoms with Gasteiger partial charge >= 0.3 is 30.4 Å². The van der Waals surface area contributed by atoms with Crippen molar-refractivity contribution in [2.24, 2.45) is 0 Å². The lowest BCUT2D eigenvalue weighted by Crippen LogP contribution is -2.10. The minimum Gasteiger partial charge on any atom is -0.496 e. The highest BCUT2D eigenvalue weighted by Gasteiger charge is 2.27. The molecule has 4 rings (SSSR count). The van der Waals surface area contributed by atoms with Crippen LogP contribution in [0, 0.1) is 0 Å². The highest BCUT2D eigenvalue weighted by molar-refractivity contribution is 7.86. The Hall–Kier alpha value is -4.47. The van der Waals surface area contributed by atoms with E-state index in [0.29, 0.717) is 5.56 Å². The molecule has 15 heteroatoms. The molecular weight excluding hydrogens is 649 g/mol. The predicted octanol–water partition coefficient (Wildman–Crippen LogP) is 4.63. The largest absolute Gasteiger partial charge is 0.496 e. The Morgan fingerprint density at radius 3 is 1.82 bits per heavy atom.